The normalized spacial score (nSPS) is 14.2. The first-order valence-electron chi connectivity index (χ1n) is 14.7. The van der Waals surface area contributed by atoms with Gasteiger partial charge in [0, 0.05) is 37.0 Å². The lowest BCUT2D eigenvalue weighted by Gasteiger charge is -2.33. The number of methoxy groups -OCH3 is 1. The molecule has 236 valence electrons. The van der Waals surface area contributed by atoms with Crippen LogP contribution in [-0.2, 0) is 32.6 Å². The largest absolute Gasteiger partial charge is 0.497 e. The Morgan fingerprint density at radius 3 is 2.36 bits per heavy atom. The Morgan fingerprint density at radius 1 is 0.977 bits per heavy atom. The number of sulfonamides is 1. The molecule has 1 aliphatic rings. The first-order chi connectivity index (χ1) is 21.0. The maximum Gasteiger partial charge on any atom is 0.243 e. The number of hydrogen-bond acceptors (Lipinski definition) is 5. The van der Waals surface area contributed by atoms with Crippen molar-refractivity contribution in [1.82, 2.24) is 10.2 Å². The Labute approximate surface area is 270 Å². The molecular weight excluding hydrogens is 621 g/mol. The van der Waals surface area contributed by atoms with E-state index in [1.807, 2.05) is 54.6 Å². The van der Waals surface area contributed by atoms with Crippen LogP contribution in [0.15, 0.2) is 72.8 Å². The Balaban J connectivity index is 1.61. The number of hydrogen-bond donors (Lipinski definition) is 1. The van der Waals surface area contributed by atoms with Crippen molar-refractivity contribution in [2.24, 2.45) is 0 Å². The van der Waals surface area contributed by atoms with Gasteiger partial charge in [-0.25, -0.2) is 8.42 Å². The summed E-state index contributed by atoms with van der Waals surface area (Å²) >= 11 is 12.5. The maximum atomic E-state index is 14.1. The summed E-state index contributed by atoms with van der Waals surface area (Å²) in [5.74, 6) is 0.188. The number of carbonyl (C=O) groups excluding carboxylic acids is 2. The Morgan fingerprint density at radius 2 is 1.68 bits per heavy atom. The molecule has 1 aliphatic carbocycles. The van der Waals surface area contributed by atoms with Crippen molar-refractivity contribution in [2.45, 2.75) is 63.6 Å². The van der Waals surface area contributed by atoms with Gasteiger partial charge in [0.25, 0.3) is 0 Å². The van der Waals surface area contributed by atoms with E-state index in [1.165, 1.54) is 12.1 Å². The molecule has 0 saturated heterocycles. The molecule has 2 amide bonds. The lowest BCUT2D eigenvalue weighted by molar-refractivity contribution is -0.141. The van der Waals surface area contributed by atoms with Gasteiger partial charge in [-0.05, 0) is 60.7 Å². The fourth-order valence-corrected chi connectivity index (χ4v) is 6.95. The van der Waals surface area contributed by atoms with Gasteiger partial charge in [-0.2, -0.15) is 0 Å². The van der Waals surface area contributed by atoms with E-state index in [1.54, 1.807) is 18.1 Å². The van der Waals surface area contributed by atoms with E-state index >= 15 is 0 Å². The second kappa shape index (κ2) is 15.6. The molecule has 1 fully saturated rings. The number of rotatable bonds is 14. The first kappa shape index (κ1) is 33.6. The predicted molar refractivity (Wildman–Crippen MR) is 176 cm³/mol. The molecule has 1 saturated carbocycles. The molecule has 0 spiro atoms. The molecule has 4 rings (SSSR count). The third kappa shape index (κ3) is 9.36. The third-order valence-corrected chi connectivity index (χ3v) is 9.52. The second-order valence-corrected chi connectivity index (χ2v) is 13.9. The predicted octanol–water partition coefficient (Wildman–Crippen LogP) is 6.25. The second-order valence-electron chi connectivity index (χ2n) is 11.1. The number of benzene rings is 3. The number of ether oxygens (including phenoxy) is 1. The summed E-state index contributed by atoms with van der Waals surface area (Å²) in [6.07, 6.45) is 5.60. The molecule has 0 heterocycles. The molecule has 0 radical (unpaired) electrons. The van der Waals surface area contributed by atoms with Crippen LogP contribution in [0.5, 0.6) is 5.75 Å². The van der Waals surface area contributed by atoms with Crippen molar-refractivity contribution >= 4 is 50.7 Å². The van der Waals surface area contributed by atoms with Crippen molar-refractivity contribution < 1.29 is 22.7 Å². The summed E-state index contributed by atoms with van der Waals surface area (Å²) in [6.45, 7) is 0.191. The molecule has 1 N–H and O–H groups in total. The summed E-state index contributed by atoms with van der Waals surface area (Å²) in [6, 6.07) is 21.0. The number of carbonyl (C=O) groups is 2. The highest BCUT2D eigenvalue weighted by Crippen LogP contribution is 2.31. The standard InChI is InChI=1S/C33H39Cl2N3O5S/c1-43-28-15-8-12-25(20-28)23-37(31(21-24-10-4-3-5-11-24)33(40)36-27-13-6-7-14-27)32(39)16-9-19-38(44(2,41)42)30-22-26(34)17-18-29(30)35/h3-5,8,10-12,15,17-18,20,22,27,31H,6-7,9,13-14,16,19,21,23H2,1-2H3,(H,36,40)/t31-/m0/s1. The van der Waals surface area contributed by atoms with Gasteiger partial charge < -0.3 is 15.0 Å². The van der Waals surface area contributed by atoms with Crippen LogP contribution in [-0.4, -0.2) is 57.1 Å². The molecule has 0 bridgehead atoms. The third-order valence-electron chi connectivity index (χ3n) is 7.79. The molecule has 0 aromatic heterocycles. The number of nitrogens with one attached hydrogen (secondary N) is 1. The Hall–Kier alpha value is -3.27. The van der Waals surface area contributed by atoms with Crippen molar-refractivity contribution in [3.05, 3.63) is 94.0 Å². The number of halogens is 2. The smallest absolute Gasteiger partial charge is 0.243 e. The molecule has 3 aromatic carbocycles. The number of anilines is 1. The average molecular weight is 661 g/mol. The van der Waals surface area contributed by atoms with Gasteiger partial charge in [0.05, 0.1) is 24.1 Å². The van der Waals surface area contributed by atoms with Gasteiger partial charge in [-0.15, -0.1) is 0 Å². The SMILES string of the molecule is COc1cccc(CN(C(=O)CCCN(c2cc(Cl)ccc2Cl)S(C)(=O)=O)[C@@H](Cc2ccccc2)C(=O)NC2CCCC2)c1. The van der Waals surface area contributed by atoms with Crippen molar-refractivity contribution in [2.75, 3.05) is 24.2 Å². The Bertz CT molecular complexity index is 1530. The zero-order valence-electron chi connectivity index (χ0n) is 25.0. The first-order valence-corrected chi connectivity index (χ1v) is 17.3. The monoisotopic (exact) mass is 659 g/mol. The van der Waals surface area contributed by atoms with Crippen LogP contribution in [0.1, 0.15) is 49.7 Å². The van der Waals surface area contributed by atoms with E-state index in [2.05, 4.69) is 5.32 Å². The minimum Gasteiger partial charge on any atom is -0.497 e. The van der Waals surface area contributed by atoms with Gasteiger partial charge in [0.15, 0.2) is 0 Å². The average Bonchev–Trinajstić information content (AvgIpc) is 3.51. The molecule has 3 aromatic rings. The van der Waals surface area contributed by atoms with E-state index in [0.29, 0.717) is 17.2 Å². The molecule has 0 unspecified atom stereocenters. The number of amides is 2. The minimum atomic E-state index is -3.73. The molecular formula is C33H39Cl2N3O5S. The zero-order chi connectivity index (χ0) is 31.7. The van der Waals surface area contributed by atoms with Gasteiger partial charge in [-0.3, -0.25) is 13.9 Å². The highest BCUT2D eigenvalue weighted by Gasteiger charge is 2.32. The van der Waals surface area contributed by atoms with E-state index in [9.17, 15) is 18.0 Å². The lowest BCUT2D eigenvalue weighted by Crippen LogP contribution is -2.52. The summed E-state index contributed by atoms with van der Waals surface area (Å²) in [4.78, 5) is 29.6. The summed E-state index contributed by atoms with van der Waals surface area (Å²) in [5.41, 5.74) is 1.99. The van der Waals surface area contributed by atoms with Gasteiger partial charge in [-0.1, -0.05) is 78.5 Å². The fraction of sp³-hybridized carbons (Fsp3) is 0.394. The number of nitrogens with zero attached hydrogens (tertiary/aromatic N) is 2. The fourth-order valence-electron chi connectivity index (χ4n) is 5.55. The molecule has 0 aliphatic heterocycles. The van der Waals surface area contributed by atoms with Crippen molar-refractivity contribution in [3.63, 3.8) is 0 Å². The van der Waals surface area contributed by atoms with Crippen molar-refractivity contribution in [1.29, 1.82) is 0 Å². The van der Waals surface area contributed by atoms with Crippen LogP contribution >= 0.6 is 23.2 Å². The summed E-state index contributed by atoms with van der Waals surface area (Å²) in [7, 11) is -2.15. The van der Waals surface area contributed by atoms with Gasteiger partial charge in [0.2, 0.25) is 21.8 Å². The van der Waals surface area contributed by atoms with Crippen LogP contribution < -0.4 is 14.4 Å². The molecule has 11 heteroatoms. The summed E-state index contributed by atoms with van der Waals surface area (Å²) < 4.78 is 32.0. The molecule has 44 heavy (non-hydrogen) atoms. The zero-order valence-corrected chi connectivity index (χ0v) is 27.4. The quantitative estimate of drug-likeness (QED) is 0.221. The van der Waals surface area contributed by atoms with Gasteiger partial charge >= 0.3 is 0 Å². The topological polar surface area (TPSA) is 96.0 Å². The van der Waals surface area contributed by atoms with Crippen molar-refractivity contribution in [3.8, 4) is 5.75 Å². The molecule has 1 atom stereocenters. The maximum absolute atomic E-state index is 14.1. The minimum absolute atomic E-state index is 0.00918. The Kier molecular flexibility index (Phi) is 11.9. The van der Waals surface area contributed by atoms with E-state index in [0.717, 1.165) is 47.4 Å². The van der Waals surface area contributed by atoms with E-state index < -0.39 is 16.1 Å². The molecule has 8 nitrogen and oxygen atoms in total. The van der Waals surface area contributed by atoms with Crippen LogP contribution in [0.25, 0.3) is 0 Å². The highest BCUT2D eigenvalue weighted by atomic mass is 35.5. The van der Waals surface area contributed by atoms with E-state index in [4.69, 9.17) is 27.9 Å². The van der Waals surface area contributed by atoms with Crippen LogP contribution in [0, 0.1) is 0 Å². The van der Waals surface area contributed by atoms with E-state index in [-0.39, 0.29) is 54.5 Å². The van der Waals surface area contributed by atoms with Gasteiger partial charge in [0.1, 0.15) is 11.8 Å². The highest BCUT2D eigenvalue weighted by molar-refractivity contribution is 7.92. The lowest BCUT2D eigenvalue weighted by atomic mass is 10.0. The van der Waals surface area contributed by atoms with Crippen LogP contribution in [0.3, 0.4) is 0 Å². The van der Waals surface area contributed by atoms with Crippen LogP contribution in [0.4, 0.5) is 5.69 Å². The van der Waals surface area contributed by atoms with Crippen LogP contribution in [0.2, 0.25) is 10.0 Å². The summed E-state index contributed by atoms with van der Waals surface area (Å²) in [5, 5.41) is 3.77.